The highest BCUT2D eigenvalue weighted by Gasteiger charge is 2.11. The van der Waals surface area contributed by atoms with Crippen LogP contribution in [0.3, 0.4) is 0 Å². The van der Waals surface area contributed by atoms with E-state index >= 15 is 0 Å². The van der Waals surface area contributed by atoms with Gasteiger partial charge in [-0.2, -0.15) is 0 Å². The van der Waals surface area contributed by atoms with E-state index in [0.29, 0.717) is 4.91 Å². The lowest BCUT2D eigenvalue weighted by atomic mass is 10.1. The maximum Gasteiger partial charge on any atom is 0.170 e. The molecule has 2 atom stereocenters. The van der Waals surface area contributed by atoms with Gasteiger partial charge >= 0.3 is 0 Å². The highest BCUT2D eigenvalue weighted by molar-refractivity contribution is 7.93. The first-order chi connectivity index (χ1) is 4.70. The fraction of sp³-hybridized carbons (Fsp3) is 0.333. The van der Waals surface area contributed by atoms with Crippen molar-refractivity contribution in [3.63, 3.8) is 0 Å². The van der Waals surface area contributed by atoms with Crippen LogP contribution in [0.2, 0.25) is 0 Å². The van der Waals surface area contributed by atoms with Gasteiger partial charge in [-0.15, -0.1) is 5.14 Å². The zero-order valence-electron chi connectivity index (χ0n) is 5.49. The van der Waals surface area contributed by atoms with E-state index in [1.165, 1.54) is 0 Å². The number of rotatable bonds is 1. The number of nitrogens with two attached hydrogens (primary N) is 2. The molecule has 10 heavy (non-hydrogen) atoms. The molecule has 0 saturated carbocycles. The molecule has 0 aliphatic heterocycles. The molecule has 3 nitrogen and oxygen atoms in total. The fourth-order valence-electron chi connectivity index (χ4n) is 0.810. The lowest BCUT2D eigenvalue weighted by Gasteiger charge is -2.10. The zero-order valence-corrected chi connectivity index (χ0v) is 6.30. The van der Waals surface area contributed by atoms with Crippen molar-refractivity contribution in [3.05, 3.63) is 23.1 Å². The van der Waals surface area contributed by atoms with Crippen LogP contribution < -0.4 is 10.9 Å². The molecule has 0 aromatic carbocycles. The molecule has 0 spiro atoms. The van der Waals surface area contributed by atoms with E-state index in [4.69, 9.17) is 10.9 Å². The lowest BCUT2D eigenvalue weighted by molar-refractivity contribution is 0.602. The predicted molar refractivity (Wildman–Crippen MR) is 42.1 cm³/mol. The Morgan fingerprint density at radius 2 is 2.40 bits per heavy atom. The van der Waals surface area contributed by atoms with Gasteiger partial charge in [0.2, 0.25) is 0 Å². The second-order valence-electron chi connectivity index (χ2n) is 2.17. The van der Waals surface area contributed by atoms with Crippen molar-refractivity contribution < 1.29 is 4.55 Å². The molecule has 0 fully saturated rings. The lowest BCUT2D eigenvalue weighted by Crippen LogP contribution is -2.22. The van der Waals surface area contributed by atoms with E-state index in [-0.39, 0.29) is 6.04 Å². The van der Waals surface area contributed by atoms with Gasteiger partial charge < -0.3 is 10.3 Å². The number of hydrogen-bond donors (Lipinski definition) is 2. The Labute approximate surface area is 63.1 Å². The van der Waals surface area contributed by atoms with Crippen molar-refractivity contribution >= 4 is 11.4 Å². The molecule has 1 aliphatic carbocycles. The Morgan fingerprint density at radius 3 is 2.80 bits per heavy atom. The summed E-state index contributed by atoms with van der Waals surface area (Å²) in [4.78, 5) is 0.624. The molecule has 0 amide bonds. The molecule has 0 saturated heterocycles. The molecular formula is C6H10N2OS. The van der Waals surface area contributed by atoms with Crippen molar-refractivity contribution in [2.24, 2.45) is 10.9 Å². The topological polar surface area (TPSA) is 75.1 Å². The van der Waals surface area contributed by atoms with E-state index in [9.17, 15) is 4.55 Å². The molecule has 0 radical (unpaired) electrons. The Kier molecular flexibility index (Phi) is 2.50. The van der Waals surface area contributed by atoms with Crippen LogP contribution in [0, 0.1) is 0 Å². The summed E-state index contributed by atoms with van der Waals surface area (Å²) in [7, 11) is 0. The van der Waals surface area contributed by atoms with Crippen molar-refractivity contribution in [2.75, 3.05) is 0 Å². The third-order valence-corrected chi connectivity index (χ3v) is 2.04. The Bertz CT molecular complexity index is 177. The summed E-state index contributed by atoms with van der Waals surface area (Å²) in [6, 6.07) is -0.0208. The molecule has 0 bridgehead atoms. The van der Waals surface area contributed by atoms with Crippen LogP contribution in [0.5, 0.6) is 0 Å². The Hall–Kier alpha value is -0.290. The van der Waals surface area contributed by atoms with Crippen molar-refractivity contribution in [2.45, 2.75) is 12.5 Å². The summed E-state index contributed by atoms with van der Waals surface area (Å²) in [6.45, 7) is 0. The number of allylic oxidation sites excluding steroid dienone is 1. The van der Waals surface area contributed by atoms with Crippen LogP contribution in [-0.2, 0) is 11.4 Å². The van der Waals surface area contributed by atoms with Gasteiger partial charge in [0, 0.05) is 6.04 Å². The van der Waals surface area contributed by atoms with Gasteiger partial charge in [0.05, 0.1) is 11.4 Å². The first kappa shape index (κ1) is 7.81. The maximum atomic E-state index is 10.7. The molecule has 0 aromatic heterocycles. The van der Waals surface area contributed by atoms with Crippen LogP contribution in [0.1, 0.15) is 6.42 Å². The van der Waals surface area contributed by atoms with E-state index in [0.717, 1.165) is 6.42 Å². The molecule has 2 unspecified atom stereocenters. The van der Waals surface area contributed by atoms with E-state index in [1.807, 2.05) is 6.08 Å². The summed E-state index contributed by atoms with van der Waals surface area (Å²) in [5, 5.41) is 5.13. The third kappa shape index (κ3) is 1.85. The van der Waals surface area contributed by atoms with Gasteiger partial charge in [0.15, 0.2) is 4.91 Å². The average Bonchev–Trinajstić information content (AvgIpc) is 1.88. The smallest absolute Gasteiger partial charge is 0.170 e. The van der Waals surface area contributed by atoms with Gasteiger partial charge in [-0.1, -0.05) is 6.08 Å². The van der Waals surface area contributed by atoms with Gasteiger partial charge in [0.1, 0.15) is 0 Å². The summed E-state index contributed by atoms with van der Waals surface area (Å²) < 4.78 is 10.7. The summed E-state index contributed by atoms with van der Waals surface area (Å²) in [5.74, 6) is 0. The van der Waals surface area contributed by atoms with Crippen LogP contribution in [0.25, 0.3) is 0 Å². The van der Waals surface area contributed by atoms with Crippen LogP contribution in [0.4, 0.5) is 0 Å². The summed E-state index contributed by atoms with van der Waals surface area (Å²) >= 11 is -1.38. The molecule has 0 heterocycles. The predicted octanol–water partition coefficient (Wildman–Crippen LogP) is -0.220. The van der Waals surface area contributed by atoms with Crippen LogP contribution in [-0.4, -0.2) is 10.6 Å². The Morgan fingerprint density at radius 1 is 1.70 bits per heavy atom. The maximum absolute atomic E-state index is 10.7. The van der Waals surface area contributed by atoms with E-state index in [2.05, 4.69) is 0 Å². The van der Waals surface area contributed by atoms with E-state index < -0.39 is 11.4 Å². The second kappa shape index (κ2) is 3.21. The number of hydrogen-bond acceptors (Lipinski definition) is 3. The largest absolute Gasteiger partial charge is 0.593 e. The molecule has 1 aliphatic rings. The zero-order chi connectivity index (χ0) is 7.56. The minimum Gasteiger partial charge on any atom is -0.593 e. The molecular weight excluding hydrogens is 148 g/mol. The standard InChI is InChI=1S/C6H10N2OS/c7-5-2-1-3-6(4-5)10(8)9/h1,3-5H,2,7-8H2. The van der Waals surface area contributed by atoms with Gasteiger partial charge in [-0.05, 0) is 18.6 Å². The first-order valence-electron chi connectivity index (χ1n) is 3.00. The molecule has 0 aromatic rings. The average molecular weight is 158 g/mol. The van der Waals surface area contributed by atoms with Gasteiger partial charge in [-0.25, -0.2) is 0 Å². The highest BCUT2D eigenvalue weighted by Crippen LogP contribution is 2.11. The molecule has 4 N–H and O–H groups in total. The first-order valence-corrected chi connectivity index (χ1v) is 4.21. The van der Waals surface area contributed by atoms with Crippen molar-refractivity contribution in [1.82, 2.24) is 0 Å². The molecule has 1 rings (SSSR count). The highest BCUT2D eigenvalue weighted by atomic mass is 32.2. The Balaban J connectivity index is 2.66. The summed E-state index contributed by atoms with van der Waals surface area (Å²) in [5.41, 5.74) is 5.55. The van der Waals surface area contributed by atoms with Gasteiger partial charge in [0.25, 0.3) is 0 Å². The summed E-state index contributed by atoms with van der Waals surface area (Å²) in [6.07, 6.45) is 6.17. The monoisotopic (exact) mass is 158 g/mol. The van der Waals surface area contributed by atoms with E-state index in [1.54, 1.807) is 12.2 Å². The minimum atomic E-state index is -1.38. The third-order valence-electron chi connectivity index (χ3n) is 1.30. The second-order valence-corrected chi connectivity index (χ2v) is 3.23. The van der Waals surface area contributed by atoms with Crippen LogP contribution >= 0.6 is 0 Å². The fourth-order valence-corrected chi connectivity index (χ4v) is 1.35. The molecule has 4 heteroatoms. The molecule has 56 valence electrons. The van der Waals surface area contributed by atoms with Crippen molar-refractivity contribution in [1.29, 1.82) is 0 Å². The van der Waals surface area contributed by atoms with Crippen LogP contribution in [0.15, 0.2) is 23.1 Å². The normalized spacial score (nSPS) is 27.9. The minimum absolute atomic E-state index is 0.0208. The van der Waals surface area contributed by atoms with Gasteiger partial charge in [-0.3, -0.25) is 0 Å². The quantitative estimate of drug-likeness (QED) is 0.518. The van der Waals surface area contributed by atoms with Crippen molar-refractivity contribution in [3.8, 4) is 0 Å². The SMILES string of the molecule is NC1C=C([S+](N)[O-])C=CC1.